The molecule has 0 aliphatic rings. The molecule has 0 saturated heterocycles. The molecule has 0 spiro atoms. The van der Waals surface area contributed by atoms with Crippen LogP contribution in [0.1, 0.15) is 27.7 Å². The second-order valence-electron chi connectivity index (χ2n) is 3.94. The molecule has 3 N–H and O–H groups in total. The fourth-order valence-corrected chi connectivity index (χ4v) is 3.28. The average molecular weight is 312 g/mol. The Kier molecular flexibility index (Phi) is 3.93. The van der Waals surface area contributed by atoms with E-state index in [0.29, 0.717) is 0 Å². The topological polar surface area (TPSA) is 50.9 Å². The number of hydrogen-bond donors (Lipinski definition) is 2. The van der Waals surface area contributed by atoms with Crippen molar-refractivity contribution in [2.45, 2.75) is 19.9 Å². The second kappa shape index (κ2) is 5.27. The normalized spacial score (nSPS) is 12.7. The Hall–Kier alpha value is -0.750. The zero-order valence-corrected chi connectivity index (χ0v) is 12.1. The van der Waals surface area contributed by atoms with Crippen molar-refractivity contribution >= 4 is 27.3 Å². The summed E-state index contributed by atoms with van der Waals surface area (Å²) in [4.78, 5) is 5.48. The summed E-state index contributed by atoms with van der Waals surface area (Å²) in [5.41, 5.74) is 6.15. The van der Waals surface area contributed by atoms with Crippen molar-refractivity contribution in [3.63, 3.8) is 0 Å². The first-order chi connectivity index (χ1) is 8.11. The molecule has 2 heterocycles. The molecular weight excluding hydrogens is 298 g/mol. The molecule has 17 heavy (non-hydrogen) atoms. The highest BCUT2D eigenvalue weighted by Crippen LogP contribution is 2.33. The lowest BCUT2D eigenvalue weighted by molar-refractivity contribution is 0.643. The lowest BCUT2D eigenvalue weighted by atomic mass is 10.1. The van der Waals surface area contributed by atoms with E-state index in [9.17, 15) is 0 Å². The standard InChI is InChI=1S/C12H14BrN3S/c1-7-5-10(17-12(7)13)11(16-14)9-4-3-8(2)15-6-9/h3-6,11,16H,14H2,1-2H3. The van der Waals surface area contributed by atoms with Gasteiger partial charge in [-0.1, -0.05) is 6.07 Å². The summed E-state index contributed by atoms with van der Waals surface area (Å²) in [6.45, 7) is 4.05. The van der Waals surface area contributed by atoms with Crippen LogP contribution in [-0.4, -0.2) is 4.98 Å². The third kappa shape index (κ3) is 2.74. The lowest BCUT2D eigenvalue weighted by Gasteiger charge is -2.14. The second-order valence-corrected chi connectivity index (χ2v) is 6.34. The molecule has 2 aromatic rings. The molecule has 0 fully saturated rings. The van der Waals surface area contributed by atoms with Gasteiger partial charge in [0.05, 0.1) is 9.83 Å². The number of thiophene rings is 1. The smallest absolute Gasteiger partial charge is 0.0817 e. The number of nitrogens with zero attached hydrogens (tertiary/aromatic N) is 1. The summed E-state index contributed by atoms with van der Waals surface area (Å²) in [6.07, 6.45) is 1.86. The highest BCUT2D eigenvalue weighted by atomic mass is 79.9. The number of pyridine rings is 1. The van der Waals surface area contributed by atoms with Crippen LogP contribution in [0.2, 0.25) is 0 Å². The molecule has 0 aliphatic carbocycles. The Morgan fingerprint density at radius 2 is 2.18 bits per heavy atom. The Labute approximate surface area is 113 Å². The van der Waals surface area contributed by atoms with Gasteiger partial charge >= 0.3 is 0 Å². The zero-order chi connectivity index (χ0) is 12.4. The zero-order valence-electron chi connectivity index (χ0n) is 9.70. The quantitative estimate of drug-likeness (QED) is 0.676. The van der Waals surface area contributed by atoms with Gasteiger partial charge in [-0.05, 0) is 53.0 Å². The van der Waals surface area contributed by atoms with Gasteiger partial charge in [0, 0.05) is 16.8 Å². The third-order valence-corrected chi connectivity index (χ3v) is 4.80. The van der Waals surface area contributed by atoms with Crippen LogP contribution in [0.25, 0.3) is 0 Å². The predicted molar refractivity (Wildman–Crippen MR) is 74.9 cm³/mol. The number of nitrogens with one attached hydrogen (secondary N) is 1. The fourth-order valence-electron chi connectivity index (χ4n) is 1.62. The highest BCUT2D eigenvalue weighted by molar-refractivity contribution is 9.11. The third-order valence-electron chi connectivity index (χ3n) is 2.60. The minimum atomic E-state index is -0.00176. The number of hydrazine groups is 1. The number of halogens is 1. The van der Waals surface area contributed by atoms with Gasteiger partial charge < -0.3 is 0 Å². The predicted octanol–water partition coefficient (Wildman–Crippen LogP) is 3.08. The summed E-state index contributed by atoms with van der Waals surface area (Å²) in [5.74, 6) is 5.65. The van der Waals surface area contributed by atoms with Gasteiger partial charge in [-0.2, -0.15) is 0 Å². The van der Waals surface area contributed by atoms with Crippen molar-refractivity contribution in [3.8, 4) is 0 Å². The number of aryl methyl sites for hydroxylation is 2. The van der Waals surface area contributed by atoms with E-state index in [-0.39, 0.29) is 6.04 Å². The molecule has 2 rings (SSSR count). The molecule has 0 aliphatic heterocycles. The fraction of sp³-hybridized carbons (Fsp3) is 0.250. The number of hydrogen-bond acceptors (Lipinski definition) is 4. The van der Waals surface area contributed by atoms with E-state index >= 15 is 0 Å². The van der Waals surface area contributed by atoms with Gasteiger partial charge in [0.1, 0.15) is 0 Å². The van der Waals surface area contributed by atoms with E-state index in [1.165, 1.54) is 10.4 Å². The van der Waals surface area contributed by atoms with Crippen LogP contribution >= 0.6 is 27.3 Å². The van der Waals surface area contributed by atoms with E-state index in [1.807, 2.05) is 19.2 Å². The van der Waals surface area contributed by atoms with Gasteiger partial charge in [-0.3, -0.25) is 10.8 Å². The first-order valence-corrected chi connectivity index (χ1v) is 6.87. The molecule has 2 aromatic heterocycles. The molecular formula is C12H14BrN3S. The number of nitrogens with two attached hydrogens (primary N) is 1. The van der Waals surface area contributed by atoms with E-state index in [2.05, 4.69) is 45.4 Å². The molecule has 90 valence electrons. The Balaban J connectivity index is 2.36. The minimum Gasteiger partial charge on any atom is -0.271 e. The summed E-state index contributed by atoms with van der Waals surface area (Å²) in [7, 11) is 0. The van der Waals surface area contributed by atoms with Crippen LogP contribution in [0.3, 0.4) is 0 Å². The van der Waals surface area contributed by atoms with Crippen LogP contribution in [0, 0.1) is 13.8 Å². The highest BCUT2D eigenvalue weighted by Gasteiger charge is 2.16. The summed E-state index contributed by atoms with van der Waals surface area (Å²) >= 11 is 5.22. The van der Waals surface area contributed by atoms with Crippen LogP contribution in [0.5, 0.6) is 0 Å². The molecule has 1 unspecified atom stereocenters. The maximum absolute atomic E-state index is 5.65. The summed E-state index contributed by atoms with van der Waals surface area (Å²) in [6, 6.07) is 6.18. The molecule has 5 heteroatoms. The molecule has 1 atom stereocenters. The Bertz CT molecular complexity index is 487. The lowest BCUT2D eigenvalue weighted by Crippen LogP contribution is -2.28. The van der Waals surface area contributed by atoms with Gasteiger partial charge in [0.2, 0.25) is 0 Å². The van der Waals surface area contributed by atoms with E-state index in [4.69, 9.17) is 5.84 Å². The summed E-state index contributed by atoms with van der Waals surface area (Å²) in [5, 5.41) is 0. The average Bonchev–Trinajstić information content (AvgIpc) is 2.63. The largest absolute Gasteiger partial charge is 0.271 e. The van der Waals surface area contributed by atoms with Gasteiger partial charge in [0.15, 0.2) is 0 Å². The van der Waals surface area contributed by atoms with Crippen LogP contribution in [0.15, 0.2) is 28.2 Å². The van der Waals surface area contributed by atoms with Crippen LogP contribution in [0.4, 0.5) is 0 Å². The maximum atomic E-state index is 5.65. The number of rotatable bonds is 3. The van der Waals surface area contributed by atoms with Crippen LogP contribution in [-0.2, 0) is 0 Å². The van der Waals surface area contributed by atoms with Gasteiger partial charge in [-0.25, -0.2) is 5.43 Å². The Morgan fingerprint density at radius 1 is 1.41 bits per heavy atom. The monoisotopic (exact) mass is 311 g/mol. The molecule has 0 bridgehead atoms. The first-order valence-electron chi connectivity index (χ1n) is 5.26. The number of aromatic nitrogens is 1. The molecule has 0 radical (unpaired) electrons. The minimum absolute atomic E-state index is 0.00176. The molecule has 0 saturated carbocycles. The summed E-state index contributed by atoms with van der Waals surface area (Å²) < 4.78 is 1.15. The van der Waals surface area contributed by atoms with Crippen LogP contribution < -0.4 is 11.3 Å². The van der Waals surface area contributed by atoms with Gasteiger partial charge in [0.25, 0.3) is 0 Å². The van der Waals surface area contributed by atoms with Crippen molar-refractivity contribution in [2.75, 3.05) is 0 Å². The first kappa shape index (κ1) is 12.7. The SMILES string of the molecule is Cc1ccc(C(NN)c2cc(C)c(Br)s2)cn1. The van der Waals surface area contributed by atoms with E-state index in [1.54, 1.807) is 11.3 Å². The van der Waals surface area contributed by atoms with Gasteiger partial charge in [-0.15, -0.1) is 11.3 Å². The molecule has 0 aromatic carbocycles. The maximum Gasteiger partial charge on any atom is 0.0817 e. The van der Waals surface area contributed by atoms with Crippen molar-refractivity contribution in [3.05, 3.63) is 49.9 Å². The Morgan fingerprint density at radius 3 is 2.65 bits per heavy atom. The van der Waals surface area contributed by atoms with Crippen molar-refractivity contribution in [2.24, 2.45) is 5.84 Å². The van der Waals surface area contributed by atoms with Crippen molar-refractivity contribution in [1.82, 2.24) is 10.4 Å². The van der Waals surface area contributed by atoms with Crippen molar-refractivity contribution < 1.29 is 0 Å². The molecule has 0 amide bonds. The molecule has 3 nitrogen and oxygen atoms in total. The van der Waals surface area contributed by atoms with Crippen molar-refractivity contribution in [1.29, 1.82) is 0 Å². The van der Waals surface area contributed by atoms with E-state index in [0.717, 1.165) is 15.0 Å². The van der Waals surface area contributed by atoms with E-state index < -0.39 is 0 Å².